The smallest absolute Gasteiger partial charge is 0.341 e. The SMILES string of the molecule is O=C(CCOC(=O)c1ccccc1O)c1ccccc1. The largest absolute Gasteiger partial charge is 0.507 e. The predicted octanol–water partition coefficient (Wildman–Crippen LogP) is 2.82. The molecule has 0 aliphatic heterocycles. The number of carbonyl (C=O) groups excluding carboxylic acids is 2. The molecular formula is C16H14O4. The van der Waals surface area contributed by atoms with Crippen molar-refractivity contribution in [3.05, 3.63) is 65.7 Å². The van der Waals surface area contributed by atoms with Crippen LogP contribution in [0.25, 0.3) is 0 Å². The van der Waals surface area contributed by atoms with Gasteiger partial charge in [-0.05, 0) is 12.1 Å². The van der Waals surface area contributed by atoms with Gasteiger partial charge >= 0.3 is 5.97 Å². The van der Waals surface area contributed by atoms with E-state index in [1.807, 2.05) is 6.07 Å². The zero-order valence-electron chi connectivity index (χ0n) is 10.8. The molecule has 0 heterocycles. The average molecular weight is 270 g/mol. The van der Waals surface area contributed by atoms with Crippen LogP contribution in [0.1, 0.15) is 27.1 Å². The summed E-state index contributed by atoms with van der Waals surface area (Å²) in [5, 5.41) is 9.50. The molecule has 2 aromatic carbocycles. The van der Waals surface area contributed by atoms with E-state index >= 15 is 0 Å². The lowest BCUT2D eigenvalue weighted by Gasteiger charge is -2.05. The molecule has 0 aliphatic rings. The van der Waals surface area contributed by atoms with Crippen molar-refractivity contribution in [1.82, 2.24) is 0 Å². The average Bonchev–Trinajstić information content (AvgIpc) is 2.48. The first-order valence-corrected chi connectivity index (χ1v) is 6.22. The van der Waals surface area contributed by atoms with Gasteiger partial charge in [0.15, 0.2) is 5.78 Å². The monoisotopic (exact) mass is 270 g/mol. The number of carbonyl (C=O) groups is 2. The normalized spacial score (nSPS) is 10.0. The molecule has 20 heavy (non-hydrogen) atoms. The highest BCUT2D eigenvalue weighted by Gasteiger charge is 2.12. The summed E-state index contributed by atoms with van der Waals surface area (Å²) < 4.78 is 4.98. The lowest BCUT2D eigenvalue weighted by atomic mass is 10.1. The Balaban J connectivity index is 1.86. The van der Waals surface area contributed by atoms with Crippen LogP contribution in [0.2, 0.25) is 0 Å². The molecule has 2 rings (SSSR count). The standard InChI is InChI=1S/C16H14O4/c17-14(12-6-2-1-3-7-12)10-11-20-16(19)13-8-4-5-9-15(13)18/h1-9,18H,10-11H2. The number of esters is 1. The molecule has 4 nitrogen and oxygen atoms in total. The van der Waals surface area contributed by atoms with Crippen molar-refractivity contribution in [1.29, 1.82) is 0 Å². The summed E-state index contributed by atoms with van der Waals surface area (Å²) in [7, 11) is 0. The van der Waals surface area contributed by atoms with Gasteiger partial charge in [0.25, 0.3) is 0 Å². The minimum absolute atomic E-state index is 0.0130. The summed E-state index contributed by atoms with van der Waals surface area (Å²) in [5.41, 5.74) is 0.686. The van der Waals surface area contributed by atoms with E-state index in [-0.39, 0.29) is 30.1 Å². The first kappa shape index (κ1) is 13.8. The minimum Gasteiger partial charge on any atom is -0.507 e. The van der Waals surface area contributed by atoms with Gasteiger partial charge < -0.3 is 9.84 Å². The number of para-hydroxylation sites is 1. The lowest BCUT2D eigenvalue weighted by molar-refractivity contribution is 0.0493. The fourth-order valence-electron chi connectivity index (χ4n) is 1.73. The van der Waals surface area contributed by atoms with Gasteiger partial charge in [0.2, 0.25) is 0 Å². The molecule has 0 bridgehead atoms. The molecule has 4 heteroatoms. The minimum atomic E-state index is -0.635. The Hall–Kier alpha value is -2.62. The van der Waals surface area contributed by atoms with E-state index in [2.05, 4.69) is 0 Å². The van der Waals surface area contributed by atoms with E-state index < -0.39 is 5.97 Å². The van der Waals surface area contributed by atoms with Crippen molar-refractivity contribution in [3.8, 4) is 5.75 Å². The summed E-state index contributed by atoms with van der Waals surface area (Å²) in [6, 6.07) is 14.9. The molecule has 0 amide bonds. The molecule has 0 saturated carbocycles. The highest BCUT2D eigenvalue weighted by Crippen LogP contribution is 2.16. The number of aromatic hydroxyl groups is 1. The van der Waals surface area contributed by atoms with Gasteiger partial charge in [0.05, 0.1) is 6.61 Å². The van der Waals surface area contributed by atoms with E-state index in [1.165, 1.54) is 12.1 Å². The maximum Gasteiger partial charge on any atom is 0.341 e. The zero-order valence-corrected chi connectivity index (χ0v) is 10.8. The topological polar surface area (TPSA) is 63.6 Å². The third-order valence-electron chi connectivity index (χ3n) is 2.78. The number of hydrogen-bond acceptors (Lipinski definition) is 4. The maximum atomic E-state index is 11.8. The number of phenolic OH excluding ortho intramolecular Hbond substituents is 1. The van der Waals surface area contributed by atoms with Gasteiger partial charge in [-0.15, -0.1) is 0 Å². The number of rotatable bonds is 5. The summed E-state index contributed by atoms with van der Waals surface area (Å²) in [4.78, 5) is 23.5. The van der Waals surface area contributed by atoms with Crippen molar-refractivity contribution < 1.29 is 19.4 Å². The van der Waals surface area contributed by atoms with Gasteiger partial charge in [-0.1, -0.05) is 42.5 Å². The van der Waals surface area contributed by atoms with Crippen LogP contribution >= 0.6 is 0 Å². The van der Waals surface area contributed by atoms with Crippen LogP contribution in [0.5, 0.6) is 5.75 Å². The van der Waals surface area contributed by atoms with Gasteiger partial charge in [0, 0.05) is 12.0 Å². The van der Waals surface area contributed by atoms with Crippen LogP contribution in [0.15, 0.2) is 54.6 Å². The zero-order chi connectivity index (χ0) is 14.4. The Kier molecular flexibility index (Phi) is 4.50. The Labute approximate surface area is 116 Å². The third-order valence-corrected chi connectivity index (χ3v) is 2.78. The van der Waals surface area contributed by atoms with Crippen LogP contribution in [0.4, 0.5) is 0 Å². The number of hydrogen-bond donors (Lipinski definition) is 1. The number of benzene rings is 2. The van der Waals surface area contributed by atoms with Gasteiger partial charge in [-0.2, -0.15) is 0 Å². The quantitative estimate of drug-likeness (QED) is 0.670. The summed E-state index contributed by atoms with van der Waals surface area (Å²) in [6.07, 6.45) is 0.114. The van der Waals surface area contributed by atoms with E-state index in [4.69, 9.17) is 4.74 Å². The number of Topliss-reactive ketones (excluding diaryl/α,β-unsaturated/α-hetero) is 1. The molecule has 1 N–H and O–H groups in total. The van der Waals surface area contributed by atoms with Crippen molar-refractivity contribution in [2.75, 3.05) is 6.61 Å². The number of ether oxygens (including phenoxy) is 1. The van der Waals surface area contributed by atoms with Crippen molar-refractivity contribution in [2.24, 2.45) is 0 Å². The van der Waals surface area contributed by atoms with Crippen molar-refractivity contribution >= 4 is 11.8 Å². The summed E-state index contributed by atoms with van der Waals surface area (Å²) in [6.45, 7) is -0.0130. The molecule has 0 unspecified atom stereocenters. The third kappa shape index (κ3) is 3.45. The molecule has 0 aliphatic carbocycles. The fourth-order valence-corrected chi connectivity index (χ4v) is 1.73. The molecule has 102 valence electrons. The Morgan fingerprint density at radius 3 is 2.30 bits per heavy atom. The Morgan fingerprint density at radius 1 is 0.950 bits per heavy atom. The van der Waals surface area contributed by atoms with Gasteiger partial charge in [-0.25, -0.2) is 4.79 Å². The highest BCUT2D eigenvalue weighted by atomic mass is 16.5. The molecule has 0 spiro atoms. The first-order valence-electron chi connectivity index (χ1n) is 6.22. The van der Waals surface area contributed by atoms with Crippen LogP contribution in [0.3, 0.4) is 0 Å². The Bertz CT molecular complexity index is 605. The van der Waals surface area contributed by atoms with Crippen LogP contribution in [-0.4, -0.2) is 23.5 Å². The number of ketones is 1. The summed E-state index contributed by atoms with van der Waals surface area (Å²) >= 11 is 0. The first-order chi connectivity index (χ1) is 9.68. The second kappa shape index (κ2) is 6.52. The van der Waals surface area contributed by atoms with E-state index in [0.717, 1.165) is 0 Å². The molecule has 0 saturated heterocycles. The summed E-state index contributed by atoms with van der Waals surface area (Å²) in [5.74, 6) is -0.855. The van der Waals surface area contributed by atoms with Crippen LogP contribution in [0, 0.1) is 0 Å². The highest BCUT2D eigenvalue weighted by molar-refractivity contribution is 5.96. The molecule has 0 aromatic heterocycles. The van der Waals surface area contributed by atoms with Gasteiger partial charge in [0.1, 0.15) is 11.3 Å². The van der Waals surface area contributed by atoms with E-state index in [9.17, 15) is 14.7 Å². The number of phenols is 1. The van der Waals surface area contributed by atoms with Gasteiger partial charge in [-0.3, -0.25) is 4.79 Å². The Morgan fingerprint density at radius 2 is 1.60 bits per heavy atom. The molecule has 0 fully saturated rings. The molecule has 2 aromatic rings. The van der Waals surface area contributed by atoms with Crippen molar-refractivity contribution in [3.63, 3.8) is 0 Å². The van der Waals surface area contributed by atoms with Crippen LogP contribution in [-0.2, 0) is 4.74 Å². The molecule has 0 radical (unpaired) electrons. The second-order valence-corrected chi connectivity index (χ2v) is 4.19. The van der Waals surface area contributed by atoms with E-state index in [1.54, 1.807) is 36.4 Å². The predicted molar refractivity (Wildman–Crippen MR) is 73.8 cm³/mol. The fraction of sp³-hybridized carbons (Fsp3) is 0.125. The maximum absolute atomic E-state index is 11.8. The molecule has 0 atom stereocenters. The van der Waals surface area contributed by atoms with Crippen LogP contribution < -0.4 is 0 Å². The second-order valence-electron chi connectivity index (χ2n) is 4.19. The van der Waals surface area contributed by atoms with Crippen molar-refractivity contribution in [2.45, 2.75) is 6.42 Å². The lowest BCUT2D eigenvalue weighted by Crippen LogP contribution is -2.10. The molecular weight excluding hydrogens is 256 g/mol. The van der Waals surface area contributed by atoms with E-state index in [0.29, 0.717) is 5.56 Å².